The van der Waals surface area contributed by atoms with Crippen molar-refractivity contribution in [3.63, 3.8) is 0 Å². The van der Waals surface area contributed by atoms with E-state index in [4.69, 9.17) is 14.6 Å². The smallest absolute Gasteiger partial charge is 0.159 e. The maximum absolute atomic E-state index is 13.9. The summed E-state index contributed by atoms with van der Waals surface area (Å²) < 4.78 is 23.9. The van der Waals surface area contributed by atoms with E-state index in [-0.39, 0.29) is 0 Å². The molecular formula is C11H15FO3. The molecule has 1 aromatic rings. The highest BCUT2D eigenvalue weighted by molar-refractivity contribution is 5.43. The van der Waals surface area contributed by atoms with E-state index in [1.54, 1.807) is 18.2 Å². The maximum atomic E-state index is 13.9. The third-order valence-corrected chi connectivity index (χ3v) is 2.27. The van der Waals surface area contributed by atoms with E-state index in [0.29, 0.717) is 17.1 Å². The lowest BCUT2D eigenvalue weighted by atomic mass is 9.97. The Bertz CT molecular complexity index is 337. The van der Waals surface area contributed by atoms with Gasteiger partial charge in [0.1, 0.15) is 11.5 Å². The number of aliphatic hydroxyl groups excluding tert-OH is 1. The Labute approximate surface area is 88.4 Å². The molecule has 1 atom stereocenters. The molecule has 0 bridgehead atoms. The second kappa shape index (κ2) is 4.49. The summed E-state index contributed by atoms with van der Waals surface area (Å²) in [6, 6.07) is 4.77. The van der Waals surface area contributed by atoms with Gasteiger partial charge in [-0.15, -0.1) is 0 Å². The molecule has 0 aliphatic carbocycles. The number of aliphatic hydroxyl groups is 1. The highest BCUT2D eigenvalue weighted by Gasteiger charge is 2.28. The molecule has 1 rings (SSSR count). The molecule has 0 heterocycles. The van der Waals surface area contributed by atoms with E-state index in [0.717, 1.165) is 0 Å². The van der Waals surface area contributed by atoms with Crippen molar-refractivity contribution >= 4 is 0 Å². The number of ether oxygens (including phenoxy) is 2. The molecule has 0 spiro atoms. The Hall–Kier alpha value is -1.29. The second-order valence-corrected chi connectivity index (χ2v) is 3.42. The molecule has 1 N–H and O–H groups in total. The van der Waals surface area contributed by atoms with Gasteiger partial charge in [0.25, 0.3) is 0 Å². The first-order valence-corrected chi connectivity index (χ1v) is 4.57. The van der Waals surface area contributed by atoms with Crippen molar-refractivity contribution in [2.45, 2.75) is 12.6 Å². The number of alkyl halides is 1. The lowest BCUT2D eigenvalue weighted by Crippen LogP contribution is -2.21. The van der Waals surface area contributed by atoms with Crippen molar-refractivity contribution in [1.82, 2.24) is 0 Å². The summed E-state index contributed by atoms with van der Waals surface area (Å²) in [5.41, 5.74) is -1.49. The van der Waals surface area contributed by atoms with Gasteiger partial charge in [-0.05, 0) is 19.1 Å². The summed E-state index contributed by atoms with van der Waals surface area (Å²) >= 11 is 0. The molecule has 0 fully saturated rings. The molecule has 0 aromatic heterocycles. The molecule has 4 heteroatoms. The predicted molar refractivity (Wildman–Crippen MR) is 55.1 cm³/mol. The summed E-state index contributed by atoms with van der Waals surface area (Å²) in [5, 5.41) is 8.93. The zero-order valence-corrected chi connectivity index (χ0v) is 9.08. The van der Waals surface area contributed by atoms with Gasteiger partial charge < -0.3 is 14.6 Å². The topological polar surface area (TPSA) is 38.7 Å². The third kappa shape index (κ3) is 2.39. The number of halogens is 1. The van der Waals surface area contributed by atoms with Gasteiger partial charge in [0.2, 0.25) is 0 Å². The normalized spacial score (nSPS) is 14.5. The van der Waals surface area contributed by atoms with E-state index >= 15 is 0 Å². The predicted octanol–water partition coefficient (Wildman–Crippen LogP) is 1.88. The molecule has 1 aromatic carbocycles. The van der Waals surface area contributed by atoms with Gasteiger partial charge in [-0.2, -0.15) is 0 Å². The SMILES string of the molecule is COc1ccc(C(C)(F)CO)c(OC)c1. The van der Waals surface area contributed by atoms with Crippen LogP contribution in [0, 0.1) is 0 Å². The molecule has 0 aliphatic rings. The second-order valence-electron chi connectivity index (χ2n) is 3.42. The average molecular weight is 214 g/mol. The van der Waals surface area contributed by atoms with Crippen molar-refractivity contribution in [3.8, 4) is 11.5 Å². The number of hydrogen-bond acceptors (Lipinski definition) is 3. The van der Waals surface area contributed by atoms with Crippen LogP contribution in [0.4, 0.5) is 4.39 Å². The number of methoxy groups -OCH3 is 2. The molecule has 0 saturated heterocycles. The molecule has 0 aliphatic heterocycles. The molecule has 84 valence electrons. The maximum Gasteiger partial charge on any atom is 0.159 e. The van der Waals surface area contributed by atoms with Crippen LogP contribution in [-0.2, 0) is 5.67 Å². The van der Waals surface area contributed by atoms with E-state index < -0.39 is 12.3 Å². The summed E-state index contributed by atoms with van der Waals surface area (Å²) in [4.78, 5) is 0. The third-order valence-electron chi connectivity index (χ3n) is 2.27. The monoisotopic (exact) mass is 214 g/mol. The molecular weight excluding hydrogens is 199 g/mol. The molecule has 15 heavy (non-hydrogen) atoms. The number of hydrogen-bond donors (Lipinski definition) is 1. The Morgan fingerprint density at radius 1 is 1.33 bits per heavy atom. The summed E-state index contributed by atoms with van der Waals surface area (Å²) in [7, 11) is 2.97. The zero-order valence-electron chi connectivity index (χ0n) is 9.08. The minimum atomic E-state index is -1.81. The van der Waals surface area contributed by atoms with Crippen LogP contribution in [0.3, 0.4) is 0 Å². The van der Waals surface area contributed by atoms with Crippen LogP contribution in [0.25, 0.3) is 0 Å². The van der Waals surface area contributed by atoms with Crippen molar-refractivity contribution in [3.05, 3.63) is 23.8 Å². The van der Waals surface area contributed by atoms with Crippen molar-refractivity contribution < 1.29 is 19.0 Å². The largest absolute Gasteiger partial charge is 0.497 e. The quantitative estimate of drug-likeness (QED) is 0.831. The lowest BCUT2D eigenvalue weighted by Gasteiger charge is -2.20. The summed E-state index contributed by atoms with van der Waals surface area (Å²) in [6.45, 7) is 0.715. The van der Waals surface area contributed by atoms with Gasteiger partial charge in [0.15, 0.2) is 5.67 Å². The molecule has 0 amide bonds. The fraction of sp³-hybridized carbons (Fsp3) is 0.455. The van der Waals surface area contributed by atoms with Crippen LogP contribution in [0.2, 0.25) is 0 Å². The van der Waals surface area contributed by atoms with Gasteiger partial charge in [0.05, 0.1) is 20.8 Å². The van der Waals surface area contributed by atoms with Gasteiger partial charge >= 0.3 is 0 Å². The van der Waals surface area contributed by atoms with Gasteiger partial charge in [-0.1, -0.05) is 0 Å². The Morgan fingerprint density at radius 2 is 2.00 bits per heavy atom. The molecule has 0 radical (unpaired) electrons. The van der Waals surface area contributed by atoms with Crippen LogP contribution >= 0.6 is 0 Å². The Balaban J connectivity index is 3.18. The van der Waals surface area contributed by atoms with Gasteiger partial charge in [0, 0.05) is 11.6 Å². The van der Waals surface area contributed by atoms with Crippen LogP contribution in [0.1, 0.15) is 12.5 Å². The van der Waals surface area contributed by atoms with Crippen LogP contribution in [-0.4, -0.2) is 25.9 Å². The van der Waals surface area contributed by atoms with Crippen LogP contribution < -0.4 is 9.47 Å². The fourth-order valence-corrected chi connectivity index (χ4v) is 1.31. The van der Waals surface area contributed by atoms with Crippen molar-refractivity contribution in [2.24, 2.45) is 0 Å². The van der Waals surface area contributed by atoms with Crippen LogP contribution in [0.15, 0.2) is 18.2 Å². The number of benzene rings is 1. The first-order valence-electron chi connectivity index (χ1n) is 4.57. The number of rotatable bonds is 4. The van der Waals surface area contributed by atoms with E-state index in [9.17, 15) is 4.39 Å². The lowest BCUT2D eigenvalue weighted by molar-refractivity contribution is 0.0841. The first-order chi connectivity index (χ1) is 7.05. The standard InChI is InChI=1S/C11H15FO3/c1-11(12,7-13)9-5-4-8(14-2)6-10(9)15-3/h4-6,13H,7H2,1-3H3. The van der Waals surface area contributed by atoms with E-state index in [1.165, 1.54) is 21.1 Å². The van der Waals surface area contributed by atoms with Crippen LogP contribution in [0.5, 0.6) is 11.5 Å². The molecule has 0 saturated carbocycles. The summed E-state index contributed by atoms with van der Waals surface area (Å²) in [5.74, 6) is 0.956. The van der Waals surface area contributed by atoms with Crippen molar-refractivity contribution in [2.75, 3.05) is 20.8 Å². The van der Waals surface area contributed by atoms with Gasteiger partial charge in [-0.25, -0.2) is 4.39 Å². The Kier molecular flexibility index (Phi) is 3.52. The van der Waals surface area contributed by atoms with E-state index in [1.807, 2.05) is 0 Å². The summed E-state index contributed by atoms with van der Waals surface area (Å²) in [6.07, 6.45) is 0. The minimum Gasteiger partial charge on any atom is -0.497 e. The average Bonchev–Trinajstić information content (AvgIpc) is 2.28. The van der Waals surface area contributed by atoms with Crippen molar-refractivity contribution in [1.29, 1.82) is 0 Å². The highest BCUT2D eigenvalue weighted by atomic mass is 19.1. The van der Waals surface area contributed by atoms with E-state index in [2.05, 4.69) is 0 Å². The Morgan fingerprint density at radius 3 is 2.47 bits per heavy atom. The first kappa shape index (κ1) is 11.8. The zero-order chi connectivity index (χ0) is 11.5. The molecule has 3 nitrogen and oxygen atoms in total. The fourth-order valence-electron chi connectivity index (χ4n) is 1.31. The molecule has 1 unspecified atom stereocenters. The highest BCUT2D eigenvalue weighted by Crippen LogP contribution is 2.35. The van der Waals surface area contributed by atoms with Gasteiger partial charge in [-0.3, -0.25) is 0 Å². The minimum absolute atomic E-state index is 0.313.